The molecule has 0 bridgehead atoms. The topological polar surface area (TPSA) is 43.1 Å². The van der Waals surface area contributed by atoms with Gasteiger partial charge in [0.15, 0.2) is 0 Å². The number of nitrogens with zero attached hydrogens (tertiary/aromatic N) is 1. The Labute approximate surface area is 132 Å². The predicted molar refractivity (Wildman–Crippen MR) is 87.6 cm³/mol. The molecule has 2 aromatic carbocycles. The first-order valence-electron chi connectivity index (χ1n) is 6.10. The molecule has 0 radical (unpaired) electrons. The predicted octanol–water partition coefficient (Wildman–Crippen LogP) is 5.63. The lowest BCUT2D eigenvalue weighted by Gasteiger charge is -1.96. The van der Waals surface area contributed by atoms with Gasteiger partial charge in [0.05, 0.1) is 15.0 Å². The summed E-state index contributed by atoms with van der Waals surface area (Å²) >= 11 is 11.8. The maximum atomic E-state index is 10.7. The summed E-state index contributed by atoms with van der Waals surface area (Å²) in [5.74, 6) is 0. The molecule has 0 saturated heterocycles. The van der Waals surface area contributed by atoms with E-state index in [2.05, 4.69) is 0 Å². The Morgan fingerprint density at radius 1 is 0.905 bits per heavy atom. The molecule has 0 saturated carbocycles. The molecule has 0 unspecified atom stereocenters. The second-order valence-electron chi connectivity index (χ2n) is 4.24. The maximum absolute atomic E-state index is 10.7. The third-order valence-electron chi connectivity index (χ3n) is 2.71. The highest BCUT2D eigenvalue weighted by atomic mass is 35.5. The summed E-state index contributed by atoms with van der Waals surface area (Å²) in [7, 11) is 0. The molecule has 0 N–H and O–H groups in total. The van der Waals surface area contributed by atoms with E-state index in [0.29, 0.717) is 10.0 Å². The Kier molecular flexibility index (Phi) is 5.14. The molecule has 21 heavy (non-hydrogen) atoms. The van der Waals surface area contributed by atoms with Crippen molar-refractivity contribution in [2.75, 3.05) is 0 Å². The molecule has 2 aromatic rings. The first-order chi connectivity index (χ1) is 10.1. The van der Waals surface area contributed by atoms with Crippen molar-refractivity contribution in [1.29, 1.82) is 0 Å². The van der Waals surface area contributed by atoms with Crippen LogP contribution in [0.5, 0.6) is 0 Å². The van der Waals surface area contributed by atoms with E-state index in [0.717, 1.165) is 11.1 Å². The number of benzene rings is 2. The fourth-order valence-corrected chi connectivity index (χ4v) is 2.00. The van der Waals surface area contributed by atoms with Crippen LogP contribution in [0.3, 0.4) is 0 Å². The fraction of sp³-hybridized carbons (Fsp3) is 0. The average molecular weight is 320 g/mol. The standard InChI is InChI=1S/C16H11Cl2NO2/c17-15-9-8-13(11-16(15)18)5-2-1-4-12-6-3-7-14(10-12)19(20)21/h1-11H. The first-order valence-corrected chi connectivity index (χ1v) is 6.86. The van der Waals surface area contributed by atoms with Gasteiger partial charge in [-0.25, -0.2) is 0 Å². The smallest absolute Gasteiger partial charge is 0.258 e. The largest absolute Gasteiger partial charge is 0.270 e. The minimum atomic E-state index is -0.414. The van der Waals surface area contributed by atoms with Crippen LogP contribution in [0.15, 0.2) is 54.6 Å². The molecular formula is C16H11Cl2NO2. The number of nitro groups is 1. The zero-order valence-electron chi connectivity index (χ0n) is 10.9. The van der Waals surface area contributed by atoms with E-state index in [1.165, 1.54) is 12.1 Å². The molecule has 106 valence electrons. The molecule has 3 nitrogen and oxygen atoms in total. The minimum absolute atomic E-state index is 0.0746. The van der Waals surface area contributed by atoms with Gasteiger partial charge in [-0.1, -0.05) is 65.7 Å². The van der Waals surface area contributed by atoms with Crippen LogP contribution in [0.1, 0.15) is 11.1 Å². The first kappa shape index (κ1) is 15.3. The quantitative estimate of drug-likeness (QED) is 0.416. The zero-order chi connectivity index (χ0) is 15.2. The number of allylic oxidation sites excluding steroid dienone is 2. The van der Waals surface area contributed by atoms with E-state index >= 15 is 0 Å². The number of hydrogen-bond acceptors (Lipinski definition) is 2. The van der Waals surface area contributed by atoms with E-state index in [1.807, 2.05) is 24.3 Å². The number of halogens is 2. The molecule has 0 fully saturated rings. The summed E-state index contributed by atoms with van der Waals surface area (Å²) in [6, 6.07) is 11.8. The monoisotopic (exact) mass is 319 g/mol. The summed E-state index contributed by atoms with van der Waals surface area (Å²) in [6.07, 6.45) is 7.30. The summed E-state index contributed by atoms with van der Waals surface area (Å²) in [5.41, 5.74) is 1.77. The van der Waals surface area contributed by atoms with Gasteiger partial charge in [0, 0.05) is 12.1 Å². The van der Waals surface area contributed by atoms with Gasteiger partial charge < -0.3 is 0 Å². The highest BCUT2D eigenvalue weighted by Gasteiger charge is 2.03. The zero-order valence-corrected chi connectivity index (χ0v) is 12.4. The van der Waals surface area contributed by atoms with Crippen LogP contribution in [-0.2, 0) is 0 Å². The highest BCUT2D eigenvalue weighted by Crippen LogP contribution is 2.23. The Bertz CT molecular complexity index is 724. The van der Waals surface area contributed by atoms with E-state index < -0.39 is 4.92 Å². The van der Waals surface area contributed by atoms with Crippen LogP contribution in [0.2, 0.25) is 10.0 Å². The molecule has 0 aliphatic carbocycles. The lowest BCUT2D eigenvalue weighted by atomic mass is 10.1. The normalized spacial score (nSPS) is 11.3. The maximum Gasteiger partial charge on any atom is 0.270 e. The van der Waals surface area contributed by atoms with Crippen LogP contribution < -0.4 is 0 Å². The molecule has 0 aliphatic heterocycles. The number of nitro benzene ring substituents is 1. The van der Waals surface area contributed by atoms with Gasteiger partial charge in [-0.05, 0) is 23.3 Å². The van der Waals surface area contributed by atoms with Crippen molar-refractivity contribution in [1.82, 2.24) is 0 Å². The van der Waals surface area contributed by atoms with Gasteiger partial charge in [-0.15, -0.1) is 0 Å². The lowest BCUT2D eigenvalue weighted by Crippen LogP contribution is -1.87. The molecule has 0 heterocycles. The Morgan fingerprint density at radius 3 is 2.19 bits per heavy atom. The molecular weight excluding hydrogens is 309 g/mol. The summed E-state index contributed by atoms with van der Waals surface area (Å²) < 4.78 is 0. The van der Waals surface area contributed by atoms with E-state index in [4.69, 9.17) is 23.2 Å². The summed E-state index contributed by atoms with van der Waals surface area (Å²) in [4.78, 5) is 10.3. The minimum Gasteiger partial charge on any atom is -0.258 e. The Hall–Kier alpha value is -2.10. The third-order valence-corrected chi connectivity index (χ3v) is 3.45. The highest BCUT2D eigenvalue weighted by molar-refractivity contribution is 6.42. The van der Waals surface area contributed by atoms with Crippen molar-refractivity contribution in [3.63, 3.8) is 0 Å². The van der Waals surface area contributed by atoms with Crippen LogP contribution in [0.25, 0.3) is 12.2 Å². The van der Waals surface area contributed by atoms with Crippen LogP contribution in [0.4, 0.5) is 5.69 Å². The van der Waals surface area contributed by atoms with Crippen molar-refractivity contribution in [2.45, 2.75) is 0 Å². The van der Waals surface area contributed by atoms with Gasteiger partial charge in [-0.2, -0.15) is 0 Å². The second-order valence-corrected chi connectivity index (χ2v) is 5.06. The van der Waals surface area contributed by atoms with E-state index in [-0.39, 0.29) is 5.69 Å². The van der Waals surface area contributed by atoms with Gasteiger partial charge in [0.1, 0.15) is 0 Å². The second kappa shape index (κ2) is 7.07. The average Bonchev–Trinajstić information content (AvgIpc) is 2.47. The van der Waals surface area contributed by atoms with Gasteiger partial charge in [0.25, 0.3) is 5.69 Å². The van der Waals surface area contributed by atoms with Crippen molar-refractivity contribution in [3.8, 4) is 0 Å². The Morgan fingerprint density at radius 2 is 1.57 bits per heavy atom. The number of hydrogen-bond donors (Lipinski definition) is 0. The van der Waals surface area contributed by atoms with Crippen LogP contribution in [-0.4, -0.2) is 4.92 Å². The summed E-state index contributed by atoms with van der Waals surface area (Å²) in [5, 5.41) is 11.7. The molecule has 0 aliphatic rings. The lowest BCUT2D eigenvalue weighted by molar-refractivity contribution is -0.384. The Balaban J connectivity index is 2.08. The third kappa shape index (κ3) is 4.45. The molecule has 0 atom stereocenters. The number of non-ortho nitro benzene ring substituents is 1. The molecule has 0 spiro atoms. The van der Waals surface area contributed by atoms with Gasteiger partial charge >= 0.3 is 0 Å². The van der Waals surface area contributed by atoms with E-state index in [1.54, 1.807) is 30.3 Å². The molecule has 0 aromatic heterocycles. The van der Waals surface area contributed by atoms with E-state index in [9.17, 15) is 10.1 Å². The van der Waals surface area contributed by atoms with Crippen molar-refractivity contribution in [3.05, 3.63) is 85.9 Å². The molecule has 5 heteroatoms. The number of rotatable bonds is 4. The van der Waals surface area contributed by atoms with Gasteiger partial charge in [0.2, 0.25) is 0 Å². The fourth-order valence-electron chi connectivity index (χ4n) is 1.69. The molecule has 0 amide bonds. The van der Waals surface area contributed by atoms with Gasteiger partial charge in [-0.3, -0.25) is 10.1 Å². The van der Waals surface area contributed by atoms with Crippen LogP contribution in [0, 0.1) is 10.1 Å². The molecule has 2 rings (SSSR count). The van der Waals surface area contributed by atoms with Crippen molar-refractivity contribution in [2.24, 2.45) is 0 Å². The van der Waals surface area contributed by atoms with Crippen LogP contribution >= 0.6 is 23.2 Å². The van der Waals surface area contributed by atoms with Crippen molar-refractivity contribution >= 4 is 41.0 Å². The van der Waals surface area contributed by atoms with Crippen molar-refractivity contribution < 1.29 is 4.92 Å². The SMILES string of the molecule is O=[N+]([O-])c1cccc(C=CC=Cc2ccc(Cl)c(Cl)c2)c1. The summed E-state index contributed by atoms with van der Waals surface area (Å²) in [6.45, 7) is 0.